The Labute approximate surface area is 164 Å². The second kappa shape index (κ2) is 9.18. The van der Waals surface area contributed by atoms with Gasteiger partial charge < -0.3 is 9.80 Å². The molecular weight excluding hydrogens is 332 g/mol. The van der Waals surface area contributed by atoms with E-state index in [2.05, 4.69) is 72.2 Å². The summed E-state index contributed by atoms with van der Waals surface area (Å²) in [6.07, 6.45) is 3.75. The van der Waals surface area contributed by atoms with Crippen LogP contribution < -0.4 is 4.90 Å². The number of hydrogen-bond acceptors (Lipinski definition) is 2. The first-order chi connectivity index (χ1) is 13.1. The first-order valence-electron chi connectivity index (χ1n) is 10.2. The van der Waals surface area contributed by atoms with Gasteiger partial charge in [-0.1, -0.05) is 43.3 Å². The summed E-state index contributed by atoms with van der Waals surface area (Å²) in [7, 11) is 0. The number of piperidine rings is 1. The molecule has 1 saturated heterocycles. The lowest BCUT2D eigenvalue weighted by Crippen LogP contribution is -2.48. The molecule has 3 nitrogen and oxygen atoms in total. The van der Waals surface area contributed by atoms with Crippen LogP contribution >= 0.6 is 0 Å². The molecule has 1 heterocycles. The molecule has 0 saturated carbocycles. The highest BCUT2D eigenvalue weighted by Crippen LogP contribution is 2.26. The Bertz CT molecular complexity index is 748. The van der Waals surface area contributed by atoms with Gasteiger partial charge in [0, 0.05) is 37.8 Å². The maximum Gasteiger partial charge on any atom is 0.226 e. The van der Waals surface area contributed by atoms with Crippen molar-refractivity contribution in [2.45, 2.75) is 52.5 Å². The topological polar surface area (TPSA) is 23.6 Å². The average molecular weight is 365 g/mol. The summed E-state index contributed by atoms with van der Waals surface area (Å²) in [5, 5.41) is 0. The smallest absolute Gasteiger partial charge is 0.226 e. The molecule has 1 fully saturated rings. The van der Waals surface area contributed by atoms with Gasteiger partial charge in [-0.2, -0.15) is 0 Å². The predicted octanol–water partition coefficient (Wildman–Crippen LogP) is 4.75. The lowest BCUT2D eigenvalue weighted by atomic mass is 10.00. The third kappa shape index (κ3) is 4.98. The van der Waals surface area contributed by atoms with Crippen LogP contribution in [0.1, 0.15) is 42.9 Å². The first-order valence-corrected chi connectivity index (χ1v) is 10.2. The van der Waals surface area contributed by atoms with E-state index in [9.17, 15) is 4.79 Å². The molecule has 3 rings (SSSR count). The minimum atomic E-state index is 0.237. The van der Waals surface area contributed by atoms with E-state index in [4.69, 9.17) is 0 Å². The number of nitrogens with zero attached hydrogens (tertiary/aromatic N) is 2. The zero-order valence-electron chi connectivity index (χ0n) is 16.9. The second-order valence-electron chi connectivity index (χ2n) is 7.69. The highest BCUT2D eigenvalue weighted by atomic mass is 16.2. The lowest BCUT2D eigenvalue weighted by molar-refractivity contribution is -0.119. The van der Waals surface area contributed by atoms with E-state index in [1.807, 2.05) is 6.92 Å². The minimum Gasteiger partial charge on any atom is -0.309 e. The van der Waals surface area contributed by atoms with Gasteiger partial charge in [-0.15, -0.1) is 0 Å². The molecular formula is C24H32N2O. The molecule has 2 aromatic rings. The van der Waals surface area contributed by atoms with Crippen molar-refractivity contribution in [1.82, 2.24) is 4.90 Å². The number of rotatable bonds is 6. The Balaban J connectivity index is 1.62. The van der Waals surface area contributed by atoms with Gasteiger partial charge in [-0.3, -0.25) is 4.79 Å². The Morgan fingerprint density at radius 1 is 1.04 bits per heavy atom. The molecule has 1 amide bonds. The summed E-state index contributed by atoms with van der Waals surface area (Å²) < 4.78 is 0. The number of amides is 1. The van der Waals surface area contributed by atoms with Gasteiger partial charge in [0.25, 0.3) is 0 Å². The van der Waals surface area contributed by atoms with E-state index in [0.29, 0.717) is 12.5 Å². The molecule has 0 bridgehead atoms. The van der Waals surface area contributed by atoms with Crippen LogP contribution in [0.3, 0.4) is 0 Å². The maximum atomic E-state index is 12.7. The van der Waals surface area contributed by atoms with Crippen LogP contribution in [0.4, 0.5) is 5.69 Å². The second-order valence-corrected chi connectivity index (χ2v) is 7.69. The van der Waals surface area contributed by atoms with E-state index < -0.39 is 0 Å². The SMILES string of the molecule is CCC(=O)N(c1ccc(C)c(C)c1)C1CCN(CCc2ccccc2)CC1. The van der Waals surface area contributed by atoms with E-state index in [-0.39, 0.29) is 5.91 Å². The fourth-order valence-electron chi connectivity index (χ4n) is 3.94. The molecule has 144 valence electrons. The third-order valence-corrected chi connectivity index (χ3v) is 5.82. The van der Waals surface area contributed by atoms with Crippen molar-refractivity contribution in [3.63, 3.8) is 0 Å². The van der Waals surface area contributed by atoms with Gasteiger partial charge >= 0.3 is 0 Å². The largest absolute Gasteiger partial charge is 0.309 e. The highest BCUT2D eigenvalue weighted by molar-refractivity contribution is 5.93. The minimum absolute atomic E-state index is 0.237. The van der Waals surface area contributed by atoms with Crippen molar-refractivity contribution in [2.24, 2.45) is 0 Å². The van der Waals surface area contributed by atoms with Crippen LogP contribution in [-0.2, 0) is 11.2 Å². The summed E-state index contributed by atoms with van der Waals surface area (Å²) in [4.78, 5) is 17.3. The molecule has 2 aromatic carbocycles. The predicted molar refractivity (Wildman–Crippen MR) is 113 cm³/mol. The Hall–Kier alpha value is -2.13. The highest BCUT2D eigenvalue weighted by Gasteiger charge is 2.28. The van der Waals surface area contributed by atoms with Crippen molar-refractivity contribution in [3.05, 3.63) is 65.2 Å². The molecule has 0 aromatic heterocycles. The van der Waals surface area contributed by atoms with Gasteiger partial charge in [-0.05, 0) is 61.9 Å². The maximum absolute atomic E-state index is 12.7. The zero-order valence-corrected chi connectivity index (χ0v) is 16.9. The average Bonchev–Trinajstić information content (AvgIpc) is 2.71. The van der Waals surface area contributed by atoms with Crippen molar-refractivity contribution in [2.75, 3.05) is 24.5 Å². The summed E-state index contributed by atoms with van der Waals surface area (Å²) >= 11 is 0. The molecule has 0 radical (unpaired) electrons. The van der Waals surface area contributed by atoms with Crippen LogP contribution in [0, 0.1) is 13.8 Å². The molecule has 0 unspecified atom stereocenters. The first kappa shape index (κ1) is 19.6. The van der Waals surface area contributed by atoms with Gasteiger partial charge in [-0.25, -0.2) is 0 Å². The monoisotopic (exact) mass is 364 g/mol. The fourth-order valence-corrected chi connectivity index (χ4v) is 3.94. The quantitative estimate of drug-likeness (QED) is 0.738. The van der Waals surface area contributed by atoms with E-state index >= 15 is 0 Å². The van der Waals surface area contributed by atoms with Gasteiger partial charge in [0.05, 0.1) is 0 Å². The molecule has 0 atom stereocenters. The molecule has 27 heavy (non-hydrogen) atoms. The summed E-state index contributed by atoms with van der Waals surface area (Å²) in [5.41, 5.74) is 4.99. The van der Waals surface area contributed by atoms with Gasteiger partial charge in [0.1, 0.15) is 0 Å². The molecule has 1 aliphatic heterocycles. The normalized spacial score (nSPS) is 15.7. The summed E-state index contributed by atoms with van der Waals surface area (Å²) in [5.74, 6) is 0.237. The van der Waals surface area contributed by atoms with Crippen LogP contribution in [0.25, 0.3) is 0 Å². The van der Waals surface area contributed by atoms with E-state index in [1.165, 1.54) is 16.7 Å². The van der Waals surface area contributed by atoms with E-state index in [0.717, 1.165) is 44.6 Å². The Morgan fingerprint density at radius 3 is 2.37 bits per heavy atom. The number of aryl methyl sites for hydroxylation is 2. The van der Waals surface area contributed by atoms with Crippen molar-refractivity contribution in [1.29, 1.82) is 0 Å². The molecule has 0 spiro atoms. The van der Waals surface area contributed by atoms with Crippen molar-refractivity contribution < 1.29 is 4.79 Å². The molecule has 3 heteroatoms. The Kier molecular flexibility index (Phi) is 6.68. The molecule has 0 aliphatic carbocycles. The zero-order chi connectivity index (χ0) is 19.2. The van der Waals surface area contributed by atoms with Crippen molar-refractivity contribution in [3.8, 4) is 0 Å². The third-order valence-electron chi connectivity index (χ3n) is 5.82. The Morgan fingerprint density at radius 2 is 1.74 bits per heavy atom. The van der Waals surface area contributed by atoms with Crippen molar-refractivity contribution >= 4 is 11.6 Å². The van der Waals surface area contributed by atoms with Crippen LogP contribution in [0.15, 0.2) is 48.5 Å². The van der Waals surface area contributed by atoms with Gasteiger partial charge in [0.15, 0.2) is 0 Å². The number of benzene rings is 2. The standard InChI is InChI=1S/C24H32N2O/c1-4-24(27)26(23-11-10-19(2)20(3)18-23)22-13-16-25(17-14-22)15-12-21-8-6-5-7-9-21/h5-11,18,22H,4,12-17H2,1-3H3. The lowest BCUT2D eigenvalue weighted by Gasteiger charge is -2.38. The summed E-state index contributed by atoms with van der Waals surface area (Å²) in [6, 6.07) is 17.4. The number of anilines is 1. The number of carbonyl (C=O) groups is 1. The number of carbonyl (C=O) groups excluding carboxylic acids is 1. The van der Waals surface area contributed by atoms with Crippen LogP contribution in [0.2, 0.25) is 0 Å². The number of hydrogen-bond donors (Lipinski definition) is 0. The molecule has 1 aliphatic rings. The van der Waals surface area contributed by atoms with Crippen LogP contribution in [0.5, 0.6) is 0 Å². The number of likely N-dealkylation sites (tertiary alicyclic amines) is 1. The van der Waals surface area contributed by atoms with E-state index in [1.54, 1.807) is 0 Å². The molecule has 0 N–H and O–H groups in total. The van der Waals surface area contributed by atoms with Gasteiger partial charge in [0.2, 0.25) is 5.91 Å². The fraction of sp³-hybridized carbons (Fsp3) is 0.458. The van der Waals surface area contributed by atoms with Crippen LogP contribution in [-0.4, -0.2) is 36.5 Å². The summed E-state index contributed by atoms with van der Waals surface area (Å²) in [6.45, 7) is 9.44.